The number of halogens is 3. The first kappa shape index (κ1) is 15.4. The van der Waals surface area contributed by atoms with Gasteiger partial charge < -0.3 is 0 Å². The summed E-state index contributed by atoms with van der Waals surface area (Å²) in [6.45, 7) is 1.99. The molecule has 0 radical (unpaired) electrons. The van der Waals surface area contributed by atoms with Crippen LogP contribution in [0.25, 0.3) is 11.1 Å². The van der Waals surface area contributed by atoms with E-state index in [0.717, 1.165) is 36.1 Å². The summed E-state index contributed by atoms with van der Waals surface area (Å²) in [7, 11) is 0. The van der Waals surface area contributed by atoms with E-state index in [4.69, 9.17) is 0 Å². The van der Waals surface area contributed by atoms with Crippen LogP contribution >= 0.6 is 0 Å². The summed E-state index contributed by atoms with van der Waals surface area (Å²) in [5.41, 5.74) is 2.33. The second-order valence-corrected chi connectivity index (χ2v) is 4.88. The predicted octanol–water partition coefficient (Wildman–Crippen LogP) is 5.88. The number of aryl methyl sites for hydroxylation is 1. The molecule has 110 valence electrons. The van der Waals surface area contributed by atoms with Gasteiger partial charge in [-0.2, -0.15) is 13.2 Å². The molecule has 21 heavy (non-hydrogen) atoms. The number of benzene rings is 2. The first-order chi connectivity index (χ1) is 10.0. The molecule has 0 fully saturated rings. The Balaban J connectivity index is 2.11. The highest BCUT2D eigenvalue weighted by Gasteiger charge is 2.29. The van der Waals surface area contributed by atoms with Gasteiger partial charge >= 0.3 is 6.18 Å². The molecule has 0 amide bonds. The third-order valence-corrected chi connectivity index (χ3v) is 3.33. The van der Waals surface area contributed by atoms with Crippen LogP contribution in [0.15, 0.2) is 60.7 Å². The smallest absolute Gasteiger partial charge is 0.166 e. The fourth-order valence-corrected chi connectivity index (χ4v) is 2.13. The Morgan fingerprint density at radius 1 is 0.857 bits per heavy atom. The molecule has 2 rings (SSSR count). The minimum Gasteiger partial charge on any atom is -0.166 e. The van der Waals surface area contributed by atoms with Gasteiger partial charge in [0.05, 0.1) is 5.56 Å². The van der Waals surface area contributed by atoms with Gasteiger partial charge in [-0.3, -0.25) is 0 Å². The van der Waals surface area contributed by atoms with Gasteiger partial charge in [0.25, 0.3) is 0 Å². The lowest BCUT2D eigenvalue weighted by Gasteiger charge is -2.08. The van der Waals surface area contributed by atoms with E-state index in [1.165, 1.54) is 17.7 Å². The second-order valence-electron chi connectivity index (χ2n) is 4.88. The lowest BCUT2D eigenvalue weighted by atomic mass is 10.0. The zero-order chi connectivity index (χ0) is 15.3. The van der Waals surface area contributed by atoms with E-state index in [9.17, 15) is 13.2 Å². The monoisotopic (exact) mass is 290 g/mol. The molecule has 2 aromatic carbocycles. The van der Waals surface area contributed by atoms with Gasteiger partial charge in [-0.1, -0.05) is 48.6 Å². The van der Waals surface area contributed by atoms with Gasteiger partial charge in [-0.15, -0.1) is 0 Å². The molecule has 0 aliphatic carbocycles. The molecule has 0 heterocycles. The average Bonchev–Trinajstić information content (AvgIpc) is 2.48. The molecule has 0 aromatic heterocycles. The number of alkyl halides is 3. The Labute approximate surface area is 122 Å². The van der Waals surface area contributed by atoms with Crippen LogP contribution < -0.4 is 0 Å². The fourth-order valence-electron chi connectivity index (χ4n) is 2.13. The molecule has 0 saturated heterocycles. The third kappa shape index (κ3) is 4.22. The molecule has 0 saturated carbocycles. The van der Waals surface area contributed by atoms with E-state index in [-0.39, 0.29) is 0 Å². The van der Waals surface area contributed by atoms with E-state index in [0.29, 0.717) is 0 Å². The largest absolute Gasteiger partial charge is 0.416 e. The van der Waals surface area contributed by atoms with Crippen molar-refractivity contribution in [2.75, 3.05) is 0 Å². The predicted molar refractivity (Wildman–Crippen MR) is 80.0 cm³/mol. The molecule has 0 nitrogen and oxygen atoms in total. The lowest BCUT2D eigenvalue weighted by molar-refractivity contribution is -0.137. The van der Waals surface area contributed by atoms with Gasteiger partial charge in [0.15, 0.2) is 0 Å². The van der Waals surface area contributed by atoms with Crippen LogP contribution in [0.5, 0.6) is 0 Å². The van der Waals surface area contributed by atoms with Crippen molar-refractivity contribution in [1.29, 1.82) is 0 Å². The summed E-state index contributed by atoms with van der Waals surface area (Å²) in [6, 6.07) is 13.2. The Hall–Kier alpha value is -2.03. The highest BCUT2D eigenvalue weighted by molar-refractivity contribution is 5.64. The Bertz CT molecular complexity index is 590. The summed E-state index contributed by atoms with van der Waals surface area (Å²) < 4.78 is 37.6. The van der Waals surface area contributed by atoms with Crippen molar-refractivity contribution in [3.05, 3.63) is 71.8 Å². The van der Waals surface area contributed by atoms with Crippen LogP contribution in [-0.2, 0) is 12.6 Å². The molecule has 0 unspecified atom stereocenters. The molecule has 3 heteroatoms. The highest BCUT2D eigenvalue weighted by atomic mass is 19.4. The number of hydrogen-bond donors (Lipinski definition) is 0. The quantitative estimate of drug-likeness (QED) is 0.617. The van der Waals surface area contributed by atoms with Gasteiger partial charge in [0.1, 0.15) is 0 Å². The van der Waals surface area contributed by atoms with E-state index in [1.807, 2.05) is 37.3 Å². The molecule has 0 atom stereocenters. The molecule has 0 N–H and O–H groups in total. The minimum atomic E-state index is -4.28. The normalized spacial score (nSPS) is 12.0. The zero-order valence-corrected chi connectivity index (χ0v) is 11.8. The molecular formula is C18H17F3. The highest BCUT2D eigenvalue weighted by Crippen LogP contribution is 2.31. The maximum atomic E-state index is 12.5. The van der Waals surface area contributed by atoms with Crippen molar-refractivity contribution in [1.82, 2.24) is 0 Å². The van der Waals surface area contributed by atoms with Crippen LogP contribution in [0.1, 0.15) is 24.5 Å². The Morgan fingerprint density at radius 2 is 1.38 bits per heavy atom. The molecule has 0 spiro atoms. The van der Waals surface area contributed by atoms with Crippen molar-refractivity contribution in [2.45, 2.75) is 25.9 Å². The average molecular weight is 290 g/mol. The van der Waals surface area contributed by atoms with Gasteiger partial charge in [0, 0.05) is 0 Å². The zero-order valence-electron chi connectivity index (χ0n) is 11.8. The standard InChI is InChI=1S/C18H17F3/c1-2-3-4-5-14-6-8-15(9-7-14)16-10-12-17(13-11-16)18(19,20)21/h2-3,6-13H,4-5H2,1H3. The number of allylic oxidation sites excluding steroid dienone is 2. The lowest BCUT2D eigenvalue weighted by Crippen LogP contribution is -2.03. The number of rotatable bonds is 4. The molecule has 0 bridgehead atoms. The summed E-state index contributed by atoms with van der Waals surface area (Å²) in [6.07, 6.45) is 1.82. The number of hydrogen-bond acceptors (Lipinski definition) is 0. The van der Waals surface area contributed by atoms with E-state index in [1.54, 1.807) is 0 Å². The molecular weight excluding hydrogens is 273 g/mol. The first-order valence-electron chi connectivity index (χ1n) is 6.88. The van der Waals surface area contributed by atoms with Crippen molar-refractivity contribution >= 4 is 0 Å². The summed E-state index contributed by atoms with van der Waals surface area (Å²) in [5.74, 6) is 0. The summed E-state index contributed by atoms with van der Waals surface area (Å²) >= 11 is 0. The van der Waals surface area contributed by atoms with Gasteiger partial charge in [-0.25, -0.2) is 0 Å². The van der Waals surface area contributed by atoms with Crippen molar-refractivity contribution < 1.29 is 13.2 Å². The minimum absolute atomic E-state index is 0.616. The SMILES string of the molecule is CC=CCCc1ccc(-c2ccc(C(F)(F)F)cc2)cc1. The molecule has 0 aliphatic heterocycles. The van der Waals surface area contributed by atoms with E-state index >= 15 is 0 Å². The van der Waals surface area contributed by atoms with Crippen LogP contribution in [0.3, 0.4) is 0 Å². The van der Waals surface area contributed by atoms with Crippen LogP contribution in [0.2, 0.25) is 0 Å². The van der Waals surface area contributed by atoms with Crippen LogP contribution in [0.4, 0.5) is 13.2 Å². The van der Waals surface area contributed by atoms with Crippen LogP contribution in [-0.4, -0.2) is 0 Å². The first-order valence-corrected chi connectivity index (χ1v) is 6.88. The maximum absolute atomic E-state index is 12.5. The topological polar surface area (TPSA) is 0 Å². The summed E-state index contributed by atoms with van der Waals surface area (Å²) in [5, 5.41) is 0. The van der Waals surface area contributed by atoms with E-state index in [2.05, 4.69) is 6.08 Å². The second kappa shape index (κ2) is 6.61. The third-order valence-electron chi connectivity index (χ3n) is 3.33. The van der Waals surface area contributed by atoms with Crippen molar-refractivity contribution in [3.63, 3.8) is 0 Å². The molecule has 0 aliphatic rings. The van der Waals surface area contributed by atoms with Crippen molar-refractivity contribution in [3.8, 4) is 11.1 Å². The summed E-state index contributed by atoms with van der Waals surface area (Å²) in [4.78, 5) is 0. The molecule has 2 aromatic rings. The fraction of sp³-hybridized carbons (Fsp3) is 0.222. The maximum Gasteiger partial charge on any atom is 0.416 e. The van der Waals surface area contributed by atoms with Gasteiger partial charge in [-0.05, 0) is 48.6 Å². The van der Waals surface area contributed by atoms with Gasteiger partial charge in [0.2, 0.25) is 0 Å². The Kier molecular flexibility index (Phi) is 4.84. The van der Waals surface area contributed by atoms with Crippen molar-refractivity contribution in [2.24, 2.45) is 0 Å². The van der Waals surface area contributed by atoms with E-state index < -0.39 is 11.7 Å². The van der Waals surface area contributed by atoms with Crippen LogP contribution in [0, 0.1) is 0 Å². The Morgan fingerprint density at radius 3 is 1.86 bits per heavy atom.